The van der Waals surface area contributed by atoms with Crippen LogP contribution in [0.4, 0.5) is 24.5 Å². The molecule has 0 radical (unpaired) electrons. The predicted molar refractivity (Wildman–Crippen MR) is 95.9 cm³/mol. The van der Waals surface area contributed by atoms with Crippen molar-refractivity contribution in [1.29, 1.82) is 0 Å². The van der Waals surface area contributed by atoms with E-state index in [9.17, 15) is 18.0 Å². The minimum Gasteiger partial charge on any atom is -0.399 e. The zero-order chi connectivity index (χ0) is 17.6. The molecule has 0 bridgehead atoms. The number of halogens is 4. The Balaban J connectivity index is 0.00000312. The van der Waals surface area contributed by atoms with E-state index in [1.807, 2.05) is 18.2 Å². The third-order valence-corrected chi connectivity index (χ3v) is 3.61. The van der Waals surface area contributed by atoms with Gasteiger partial charge in [-0.2, -0.15) is 13.2 Å². The van der Waals surface area contributed by atoms with Gasteiger partial charge in [0, 0.05) is 24.2 Å². The molecule has 0 heterocycles. The van der Waals surface area contributed by atoms with E-state index < -0.39 is 12.6 Å². The van der Waals surface area contributed by atoms with Gasteiger partial charge < -0.3 is 11.1 Å². The molecule has 3 nitrogen and oxygen atoms in total. The van der Waals surface area contributed by atoms with Crippen LogP contribution in [0.15, 0.2) is 48.5 Å². The van der Waals surface area contributed by atoms with Crippen LogP contribution in [0, 0.1) is 0 Å². The smallest absolute Gasteiger partial charge is 0.389 e. The lowest BCUT2D eigenvalue weighted by molar-refractivity contribution is -0.134. The lowest BCUT2D eigenvalue weighted by Crippen LogP contribution is -2.13. The molecule has 1 amide bonds. The Hall–Kier alpha value is -2.21. The normalized spacial score (nSPS) is 10.8. The zero-order valence-electron chi connectivity index (χ0n) is 13.5. The molecule has 136 valence electrons. The Morgan fingerprint density at radius 3 is 2.24 bits per heavy atom. The number of hydrogen-bond acceptors (Lipinski definition) is 2. The third kappa shape index (κ3) is 7.47. The van der Waals surface area contributed by atoms with E-state index in [4.69, 9.17) is 5.73 Å². The van der Waals surface area contributed by atoms with E-state index in [0.29, 0.717) is 23.4 Å². The number of para-hydroxylation sites is 1. The van der Waals surface area contributed by atoms with Crippen LogP contribution in [0.1, 0.15) is 24.0 Å². The number of rotatable bonds is 6. The number of nitrogens with one attached hydrogen (secondary N) is 1. The second kappa shape index (κ2) is 9.32. The van der Waals surface area contributed by atoms with E-state index >= 15 is 0 Å². The fourth-order valence-electron chi connectivity index (χ4n) is 2.27. The molecule has 0 saturated heterocycles. The highest BCUT2D eigenvalue weighted by Crippen LogP contribution is 2.22. The van der Waals surface area contributed by atoms with Crippen LogP contribution in [0.25, 0.3) is 0 Å². The molecule has 0 aliphatic carbocycles. The Morgan fingerprint density at radius 1 is 1.00 bits per heavy atom. The molecule has 0 spiro atoms. The summed E-state index contributed by atoms with van der Waals surface area (Å²) in [6, 6.07) is 13.8. The van der Waals surface area contributed by atoms with Gasteiger partial charge in [0.25, 0.3) is 0 Å². The molecule has 2 rings (SSSR count). The van der Waals surface area contributed by atoms with E-state index in [1.54, 1.807) is 30.3 Å². The average molecular weight is 373 g/mol. The van der Waals surface area contributed by atoms with Crippen molar-refractivity contribution in [3.8, 4) is 0 Å². The highest BCUT2D eigenvalue weighted by atomic mass is 35.5. The van der Waals surface area contributed by atoms with Gasteiger partial charge in [-0.05, 0) is 42.2 Å². The largest absolute Gasteiger partial charge is 0.399 e. The zero-order valence-corrected chi connectivity index (χ0v) is 14.3. The second-order valence-corrected chi connectivity index (χ2v) is 5.56. The monoisotopic (exact) mass is 372 g/mol. The number of alkyl halides is 3. The van der Waals surface area contributed by atoms with Crippen LogP contribution < -0.4 is 11.1 Å². The number of carbonyl (C=O) groups is 1. The van der Waals surface area contributed by atoms with E-state index in [0.717, 1.165) is 5.56 Å². The van der Waals surface area contributed by atoms with Gasteiger partial charge in [-0.15, -0.1) is 12.4 Å². The molecule has 2 aromatic carbocycles. The molecule has 7 heteroatoms. The molecule has 2 aromatic rings. The molecule has 0 atom stereocenters. The molecule has 0 aromatic heterocycles. The Labute approximate surface area is 150 Å². The number of nitrogens with two attached hydrogens (primary N) is 1. The Kier molecular flexibility index (Phi) is 7.77. The summed E-state index contributed by atoms with van der Waals surface area (Å²) in [4.78, 5) is 11.9. The van der Waals surface area contributed by atoms with Gasteiger partial charge in [0.15, 0.2) is 0 Å². The molecular weight excluding hydrogens is 353 g/mol. The maximum Gasteiger partial charge on any atom is 0.389 e. The van der Waals surface area contributed by atoms with E-state index in [-0.39, 0.29) is 31.2 Å². The SMILES string of the molecule is Cl.Nc1ccccc1CCC(=O)Nc1ccc(CCC(F)(F)F)cc1. The maximum atomic E-state index is 12.2. The van der Waals surface area contributed by atoms with Crippen molar-refractivity contribution < 1.29 is 18.0 Å². The first-order chi connectivity index (χ1) is 11.3. The summed E-state index contributed by atoms with van der Waals surface area (Å²) >= 11 is 0. The number of carbonyl (C=O) groups excluding carboxylic acids is 1. The van der Waals surface area contributed by atoms with Gasteiger partial charge >= 0.3 is 6.18 Å². The molecule has 3 N–H and O–H groups in total. The van der Waals surface area contributed by atoms with Gasteiger partial charge in [0.05, 0.1) is 0 Å². The topological polar surface area (TPSA) is 55.1 Å². The van der Waals surface area contributed by atoms with Crippen molar-refractivity contribution in [2.45, 2.75) is 31.9 Å². The van der Waals surface area contributed by atoms with E-state index in [2.05, 4.69) is 5.32 Å². The summed E-state index contributed by atoms with van der Waals surface area (Å²) < 4.78 is 36.5. The predicted octanol–water partition coefficient (Wildman–Crippen LogP) is 4.76. The average Bonchev–Trinajstić information content (AvgIpc) is 2.53. The lowest BCUT2D eigenvalue weighted by atomic mass is 10.1. The highest BCUT2D eigenvalue weighted by Gasteiger charge is 2.26. The highest BCUT2D eigenvalue weighted by molar-refractivity contribution is 5.90. The quantitative estimate of drug-likeness (QED) is 0.718. The van der Waals surface area contributed by atoms with Crippen molar-refractivity contribution in [3.63, 3.8) is 0 Å². The molecule has 0 aliphatic heterocycles. The van der Waals surface area contributed by atoms with Crippen LogP contribution in [-0.4, -0.2) is 12.1 Å². The van der Waals surface area contributed by atoms with Crippen molar-refractivity contribution >= 4 is 29.7 Å². The van der Waals surface area contributed by atoms with E-state index in [1.165, 1.54) is 0 Å². The summed E-state index contributed by atoms with van der Waals surface area (Å²) in [7, 11) is 0. The number of anilines is 2. The summed E-state index contributed by atoms with van der Waals surface area (Å²) in [5.74, 6) is -0.165. The standard InChI is InChI=1S/C18H19F3N2O.ClH/c19-18(20,21)12-11-13-5-8-15(9-6-13)23-17(24)10-7-14-3-1-2-4-16(14)22;/h1-6,8-9H,7,10-12,22H2,(H,23,24);1H. The fraction of sp³-hybridized carbons (Fsp3) is 0.278. The molecule has 0 unspecified atom stereocenters. The second-order valence-electron chi connectivity index (χ2n) is 5.56. The van der Waals surface area contributed by atoms with Gasteiger partial charge in [0.1, 0.15) is 0 Å². The maximum absolute atomic E-state index is 12.2. The summed E-state index contributed by atoms with van der Waals surface area (Å²) in [5.41, 5.74) is 8.54. The van der Waals surface area contributed by atoms with Gasteiger partial charge in [-0.3, -0.25) is 4.79 Å². The van der Waals surface area contributed by atoms with Gasteiger partial charge in [-0.1, -0.05) is 30.3 Å². The third-order valence-electron chi connectivity index (χ3n) is 3.61. The van der Waals surface area contributed by atoms with Crippen LogP contribution in [0.5, 0.6) is 0 Å². The molecule has 0 aliphatic rings. The minimum atomic E-state index is -4.16. The first kappa shape index (κ1) is 20.8. The first-order valence-electron chi connectivity index (χ1n) is 7.62. The van der Waals surface area contributed by atoms with Crippen LogP contribution in [0.2, 0.25) is 0 Å². The van der Waals surface area contributed by atoms with Crippen LogP contribution in [-0.2, 0) is 17.6 Å². The molecular formula is C18H20ClF3N2O. The number of nitrogen functional groups attached to an aromatic ring is 1. The summed E-state index contributed by atoms with van der Waals surface area (Å²) in [5, 5.41) is 2.73. The fourth-order valence-corrected chi connectivity index (χ4v) is 2.27. The first-order valence-corrected chi connectivity index (χ1v) is 7.62. The van der Waals surface area contributed by atoms with Crippen molar-refractivity contribution in [2.24, 2.45) is 0 Å². The van der Waals surface area contributed by atoms with Crippen molar-refractivity contribution in [2.75, 3.05) is 11.1 Å². The number of amides is 1. The van der Waals surface area contributed by atoms with Gasteiger partial charge in [0.2, 0.25) is 5.91 Å². The van der Waals surface area contributed by atoms with Crippen LogP contribution >= 0.6 is 12.4 Å². The number of benzene rings is 2. The number of aryl methyl sites for hydroxylation is 2. The molecule has 0 saturated carbocycles. The van der Waals surface area contributed by atoms with Gasteiger partial charge in [-0.25, -0.2) is 0 Å². The Bertz CT molecular complexity index is 687. The Morgan fingerprint density at radius 2 is 1.64 bits per heavy atom. The summed E-state index contributed by atoms with van der Waals surface area (Å²) in [6.45, 7) is 0. The van der Waals surface area contributed by atoms with Crippen molar-refractivity contribution in [3.05, 3.63) is 59.7 Å². The van der Waals surface area contributed by atoms with Crippen molar-refractivity contribution in [1.82, 2.24) is 0 Å². The lowest BCUT2D eigenvalue weighted by Gasteiger charge is -2.09. The molecule has 0 fully saturated rings. The summed E-state index contributed by atoms with van der Waals surface area (Å²) in [6.07, 6.45) is -4.26. The molecule has 25 heavy (non-hydrogen) atoms. The minimum absolute atomic E-state index is 0. The number of hydrogen-bond donors (Lipinski definition) is 2. The van der Waals surface area contributed by atoms with Crippen LogP contribution in [0.3, 0.4) is 0 Å².